The zero-order valence-electron chi connectivity index (χ0n) is 16.7. The van der Waals surface area contributed by atoms with Crippen molar-refractivity contribution in [3.05, 3.63) is 46.3 Å². The molecule has 2 rings (SSSR count). The van der Waals surface area contributed by atoms with E-state index in [1.165, 1.54) is 0 Å². The van der Waals surface area contributed by atoms with Crippen molar-refractivity contribution in [3.8, 4) is 0 Å². The third-order valence-corrected chi connectivity index (χ3v) is 9.82. The molecule has 1 aliphatic rings. The fourth-order valence-corrected chi connectivity index (χ4v) is 3.95. The lowest BCUT2D eigenvalue weighted by molar-refractivity contribution is -0.205. The van der Waals surface area contributed by atoms with Gasteiger partial charge >= 0.3 is 0 Å². The van der Waals surface area contributed by atoms with Crippen LogP contribution in [0.2, 0.25) is 18.1 Å². The Morgan fingerprint density at radius 3 is 2.50 bits per heavy atom. The molecule has 1 heterocycles. The number of benzene rings is 1. The van der Waals surface area contributed by atoms with Crippen LogP contribution in [0.25, 0.3) is 10.4 Å². The summed E-state index contributed by atoms with van der Waals surface area (Å²) < 4.78 is 18.5. The summed E-state index contributed by atoms with van der Waals surface area (Å²) in [4.78, 5) is 3.02. The summed E-state index contributed by atoms with van der Waals surface area (Å²) in [7, 11) is -1.97. The summed E-state index contributed by atoms with van der Waals surface area (Å²) in [6, 6.07) is 9.66. The first-order valence-electron chi connectivity index (χ1n) is 9.17. The Kier molecular flexibility index (Phi) is 6.88. The summed E-state index contributed by atoms with van der Waals surface area (Å²) in [6.45, 7) is 13.4. The lowest BCUT2D eigenvalue weighted by Crippen LogP contribution is -2.52. The lowest BCUT2D eigenvalue weighted by Gasteiger charge is -2.44. The topological polar surface area (TPSA) is 76.5 Å². The molecule has 0 spiro atoms. The molecule has 0 unspecified atom stereocenters. The number of hydrogen-bond acceptors (Lipinski definition) is 4. The number of ether oxygens (including phenoxy) is 2. The van der Waals surface area contributed by atoms with Gasteiger partial charge in [0.25, 0.3) is 0 Å². The van der Waals surface area contributed by atoms with Crippen LogP contribution in [0.5, 0.6) is 0 Å². The Labute approximate surface area is 157 Å². The summed E-state index contributed by atoms with van der Waals surface area (Å²) in [5.41, 5.74) is 10.1. The van der Waals surface area contributed by atoms with Gasteiger partial charge in [0.1, 0.15) is 6.29 Å². The normalized spacial score (nSPS) is 27.0. The zero-order chi connectivity index (χ0) is 19.4. The Morgan fingerprint density at radius 1 is 1.27 bits per heavy atom. The lowest BCUT2D eigenvalue weighted by atomic mass is 10.0. The second-order valence-electron chi connectivity index (χ2n) is 8.42. The van der Waals surface area contributed by atoms with Crippen LogP contribution in [0, 0.1) is 0 Å². The number of azide groups is 1. The van der Waals surface area contributed by atoms with Gasteiger partial charge in [-0.1, -0.05) is 56.2 Å². The van der Waals surface area contributed by atoms with Crippen LogP contribution in [0.15, 0.2) is 35.4 Å². The smallest absolute Gasteiger partial charge is 0.195 e. The van der Waals surface area contributed by atoms with E-state index in [-0.39, 0.29) is 29.6 Å². The molecule has 0 bridgehead atoms. The average molecular weight is 378 g/mol. The number of nitrogens with zero attached hydrogens (tertiary/aromatic N) is 3. The minimum Gasteiger partial charge on any atom is -0.392 e. The van der Waals surface area contributed by atoms with Crippen molar-refractivity contribution in [1.29, 1.82) is 0 Å². The SMILES string of the molecule is C[C@@H]1O[C@H](O[Si](C)(C)C(C)(C)C)C[C@H](N=[N+]=[N-])[C@H]1OCc1ccccc1. The van der Waals surface area contributed by atoms with Gasteiger partial charge in [-0.05, 0) is 36.2 Å². The van der Waals surface area contributed by atoms with Gasteiger partial charge in [-0.25, -0.2) is 0 Å². The molecule has 0 aliphatic carbocycles. The third kappa shape index (κ3) is 5.31. The van der Waals surface area contributed by atoms with Crippen LogP contribution >= 0.6 is 0 Å². The second-order valence-corrected chi connectivity index (χ2v) is 13.2. The van der Waals surface area contributed by atoms with Gasteiger partial charge in [-0.15, -0.1) is 0 Å². The fourth-order valence-electron chi connectivity index (χ4n) is 2.79. The van der Waals surface area contributed by atoms with Crippen molar-refractivity contribution < 1.29 is 13.9 Å². The van der Waals surface area contributed by atoms with E-state index in [1.54, 1.807) is 0 Å². The molecular weight excluding hydrogens is 346 g/mol. The molecule has 1 saturated heterocycles. The molecule has 0 N–H and O–H groups in total. The van der Waals surface area contributed by atoms with Crippen molar-refractivity contribution in [2.45, 2.75) is 83.4 Å². The van der Waals surface area contributed by atoms with Crippen molar-refractivity contribution in [2.24, 2.45) is 5.11 Å². The molecule has 144 valence electrons. The quantitative estimate of drug-likeness (QED) is 0.288. The highest BCUT2D eigenvalue weighted by molar-refractivity contribution is 6.74. The van der Waals surface area contributed by atoms with Crippen LogP contribution < -0.4 is 0 Å². The van der Waals surface area contributed by atoms with Crippen molar-refractivity contribution in [3.63, 3.8) is 0 Å². The van der Waals surface area contributed by atoms with Gasteiger partial charge < -0.3 is 13.9 Å². The summed E-state index contributed by atoms with van der Waals surface area (Å²) >= 11 is 0. The Bertz CT molecular complexity index is 627. The molecule has 1 aromatic carbocycles. The highest BCUT2D eigenvalue weighted by Gasteiger charge is 2.44. The molecule has 26 heavy (non-hydrogen) atoms. The molecule has 1 fully saturated rings. The number of rotatable bonds is 6. The predicted octanol–water partition coefficient (Wildman–Crippen LogP) is 5.41. The van der Waals surface area contributed by atoms with Gasteiger partial charge in [-0.3, -0.25) is 0 Å². The third-order valence-electron chi connectivity index (χ3n) is 5.36. The van der Waals surface area contributed by atoms with Gasteiger partial charge in [-0.2, -0.15) is 0 Å². The monoisotopic (exact) mass is 377 g/mol. The molecule has 4 atom stereocenters. The van der Waals surface area contributed by atoms with Crippen LogP contribution in [-0.2, 0) is 20.5 Å². The maximum atomic E-state index is 8.99. The predicted molar refractivity (Wildman–Crippen MR) is 105 cm³/mol. The first kappa shape index (κ1) is 20.9. The van der Waals surface area contributed by atoms with E-state index in [4.69, 9.17) is 19.4 Å². The minimum absolute atomic E-state index is 0.0915. The molecule has 0 aromatic heterocycles. The van der Waals surface area contributed by atoms with Gasteiger partial charge in [0.2, 0.25) is 0 Å². The summed E-state index contributed by atoms with van der Waals surface area (Å²) in [6.07, 6.45) is -0.346. The van der Waals surface area contributed by atoms with Crippen LogP contribution in [0.4, 0.5) is 0 Å². The molecule has 1 aromatic rings. The van der Waals surface area contributed by atoms with Gasteiger partial charge in [0.15, 0.2) is 8.32 Å². The van der Waals surface area contributed by atoms with Gasteiger partial charge in [0.05, 0.1) is 24.9 Å². The van der Waals surface area contributed by atoms with E-state index in [0.29, 0.717) is 13.0 Å². The van der Waals surface area contributed by atoms with Gasteiger partial charge in [0, 0.05) is 11.3 Å². The largest absolute Gasteiger partial charge is 0.392 e. The first-order chi connectivity index (χ1) is 12.1. The average Bonchev–Trinajstić information content (AvgIpc) is 2.54. The van der Waals surface area contributed by atoms with E-state index in [2.05, 4.69) is 43.9 Å². The highest BCUT2D eigenvalue weighted by Crippen LogP contribution is 2.39. The maximum absolute atomic E-state index is 8.99. The molecule has 0 radical (unpaired) electrons. The first-order valence-corrected chi connectivity index (χ1v) is 12.1. The molecule has 7 heteroatoms. The highest BCUT2D eigenvalue weighted by atomic mass is 28.4. The zero-order valence-corrected chi connectivity index (χ0v) is 17.7. The second kappa shape index (κ2) is 8.54. The van der Waals surface area contributed by atoms with Crippen molar-refractivity contribution >= 4 is 8.32 Å². The fraction of sp³-hybridized carbons (Fsp3) is 0.684. The summed E-state index contributed by atoms with van der Waals surface area (Å²) in [5, 5.41) is 4.07. The van der Waals surface area contributed by atoms with E-state index >= 15 is 0 Å². The van der Waals surface area contributed by atoms with Crippen LogP contribution in [-0.4, -0.2) is 32.9 Å². The van der Waals surface area contributed by atoms with E-state index in [0.717, 1.165) is 5.56 Å². The Balaban J connectivity index is 2.05. The number of hydrogen-bond donors (Lipinski definition) is 0. The van der Waals surface area contributed by atoms with E-state index < -0.39 is 8.32 Å². The van der Waals surface area contributed by atoms with E-state index in [1.807, 2.05) is 37.3 Å². The van der Waals surface area contributed by atoms with Crippen LogP contribution in [0.1, 0.15) is 39.7 Å². The Morgan fingerprint density at radius 2 is 1.92 bits per heavy atom. The standard InChI is InChI=1S/C19H31N3O3Si/c1-14-18(23-13-15-10-8-7-9-11-15)16(21-22-20)12-17(24-14)25-26(5,6)19(2,3)4/h7-11,14,16-18H,12-13H2,1-6H3/t14-,16-,17+,18-/m0/s1. The van der Waals surface area contributed by atoms with E-state index in [9.17, 15) is 0 Å². The maximum Gasteiger partial charge on any atom is 0.195 e. The molecule has 1 aliphatic heterocycles. The molecule has 0 amide bonds. The summed E-state index contributed by atoms with van der Waals surface area (Å²) in [5.74, 6) is 0. The van der Waals surface area contributed by atoms with Crippen molar-refractivity contribution in [2.75, 3.05) is 0 Å². The molecule has 6 nitrogen and oxygen atoms in total. The Hall–Kier alpha value is -1.37. The van der Waals surface area contributed by atoms with Crippen LogP contribution in [0.3, 0.4) is 0 Å². The minimum atomic E-state index is -1.97. The molecule has 0 saturated carbocycles. The molecular formula is C19H31N3O3Si. The van der Waals surface area contributed by atoms with Crippen molar-refractivity contribution in [1.82, 2.24) is 0 Å².